The van der Waals surface area contributed by atoms with E-state index in [1.165, 1.54) is 24.8 Å². The molecule has 4 atom stereocenters. The topological polar surface area (TPSA) is 17.1 Å². The average molecular weight is 238 g/mol. The fourth-order valence-electron chi connectivity index (χ4n) is 4.17. The molecule has 1 heterocycles. The van der Waals surface area contributed by atoms with Crippen LogP contribution in [0, 0.1) is 11.8 Å². The van der Waals surface area contributed by atoms with E-state index in [0.717, 1.165) is 22.8 Å². The molecule has 3 aliphatic rings. The molecule has 0 radical (unpaired) electrons. The molecule has 0 spiro atoms. The van der Waals surface area contributed by atoms with Crippen LogP contribution in [0.1, 0.15) is 32.6 Å². The van der Waals surface area contributed by atoms with E-state index in [0.29, 0.717) is 11.7 Å². The minimum Gasteiger partial charge on any atom is -0.295 e. The Labute approximate surface area is 100.0 Å². The molecule has 0 amide bonds. The molecular formula is C14H22OS. The van der Waals surface area contributed by atoms with Crippen molar-refractivity contribution in [1.82, 2.24) is 0 Å². The van der Waals surface area contributed by atoms with E-state index in [1.54, 1.807) is 0 Å². The second-order valence-corrected chi connectivity index (χ2v) is 10.3. The Morgan fingerprint density at radius 2 is 2.12 bits per heavy atom. The second-order valence-electron chi connectivity index (χ2n) is 6.16. The first kappa shape index (κ1) is 10.9. The molecule has 16 heavy (non-hydrogen) atoms. The minimum absolute atomic E-state index is 0.291. The number of carbonyl (C=O) groups is 1. The van der Waals surface area contributed by atoms with Crippen LogP contribution in [-0.2, 0) is 4.79 Å². The lowest BCUT2D eigenvalue weighted by Gasteiger charge is -2.33. The second kappa shape index (κ2) is 3.38. The predicted octanol–water partition coefficient (Wildman–Crippen LogP) is 3.14. The molecule has 2 heteroatoms. The maximum atomic E-state index is 11.7. The van der Waals surface area contributed by atoms with E-state index in [9.17, 15) is 4.79 Å². The lowest BCUT2D eigenvalue weighted by molar-refractivity contribution is -0.116. The summed E-state index contributed by atoms with van der Waals surface area (Å²) < 4.78 is 0. The summed E-state index contributed by atoms with van der Waals surface area (Å²) in [4.78, 5) is 11.7. The molecule has 0 aromatic rings. The normalized spacial score (nSPS) is 45.7. The van der Waals surface area contributed by atoms with Crippen molar-refractivity contribution in [2.45, 2.75) is 43.1 Å². The van der Waals surface area contributed by atoms with E-state index in [-0.39, 0.29) is 10.0 Å². The number of allylic oxidation sites excluding steroid dienone is 2. The van der Waals surface area contributed by atoms with Gasteiger partial charge in [0.15, 0.2) is 5.78 Å². The Bertz CT molecular complexity index is 369. The van der Waals surface area contributed by atoms with Gasteiger partial charge >= 0.3 is 0 Å². The Hall–Kier alpha value is -0.240. The van der Waals surface area contributed by atoms with Crippen LogP contribution in [-0.4, -0.2) is 28.8 Å². The average Bonchev–Trinajstić information content (AvgIpc) is 2.60. The van der Waals surface area contributed by atoms with E-state index >= 15 is 0 Å². The predicted molar refractivity (Wildman–Crippen MR) is 71.2 cm³/mol. The molecule has 0 unspecified atom stereocenters. The van der Waals surface area contributed by atoms with Crippen molar-refractivity contribution in [3.8, 4) is 0 Å². The molecule has 1 saturated carbocycles. The van der Waals surface area contributed by atoms with E-state index in [2.05, 4.69) is 19.4 Å². The Balaban J connectivity index is 1.89. The fourth-order valence-corrected chi connectivity index (χ4v) is 8.11. The number of hydrogen-bond donors (Lipinski definition) is 0. The lowest BCUT2D eigenvalue weighted by atomic mass is 9.77. The molecular weight excluding hydrogens is 216 g/mol. The quantitative estimate of drug-likeness (QED) is 0.676. The molecule has 1 nitrogen and oxygen atoms in total. The number of fused-ring (bicyclic) bond motifs is 3. The van der Waals surface area contributed by atoms with Crippen LogP contribution in [0.2, 0.25) is 0 Å². The van der Waals surface area contributed by atoms with Crippen molar-refractivity contribution in [2.24, 2.45) is 11.8 Å². The largest absolute Gasteiger partial charge is 0.295 e. The van der Waals surface area contributed by atoms with Crippen LogP contribution in [0.25, 0.3) is 0 Å². The highest BCUT2D eigenvalue weighted by molar-refractivity contribution is 8.39. The number of carbonyl (C=O) groups excluding carboxylic acids is 1. The highest BCUT2D eigenvalue weighted by Gasteiger charge is 2.64. The summed E-state index contributed by atoms with van der Waals surface area (Å²) in [5, 5.41) is 1.94. The van der Waals surface area contributed by atoms with Gasteiger partial charge in [-0.25, -0.2) is 10.0 Å². The highest BCUT2D eigenvalue weighted by Crippen LogP contribution is 2.79. The Morgan fingerprint density at radius 3 is 2.81 bits per heavy atom. The van der Waals surface area contributed by atoms with Crippen molar-refractivity contribution in [2.75, 3.05) is 12.5 Å². The molecule has 2 fully saturated rings. The van der Waals surface area contributed by atoms with Crippen molar-refractivity contribution in [1.29, 1.82) is 0 Å². The highest BCUT2D eigenvalue weighted by atomic mass is 32.3. The lowest BCUT2D eigenvalue weighted by Crippen LogP contribution is -2.26. The van der Waals surface area contributed by atoms with Gasteiger partial charge in [-0.2, -0.15) is 0 Å². The summed E-state index contributed by atoms with van der Waals surface area (Å²) >= 11 is 0. The van der Waals surface area contributed by atoms with Crippen LogP contribution in [0.15, 0.2) is 11.6 Å². The van der Waals surface area contributed by atoms with E-state index in [1.807, 2.05) is 6.08 Å². The molecule has 0 N–H and O–H groups in total. The van der Waals surface area contributed by atoms with Gasteiger partial charge in [-0.3, -0.25) is 4.79 Å². The third-order valence-corrected chi connectivity index (χ3v) is 8.70. The summed E-state index contributed by atoms with van der Waals surface area (Å²) in [7, 11) is -0.291. The standard InChI is InChI=1S/C14H22OS/c1-4-5-9-6-11(15)7-10-8-12-14(13(9)10)16(12,2)3/h7,9,12-14H,4-6,8H2,1-3H3/t9-,12+,13+,14+/m0/s1. The van der Waals surface area contributed by atoms with Crippen molar-refractivity contribution in [3.63, 3.8) is 0 Å². The van der Waals surface area contributed by atoms with Gasteiger partial charge < -0.3 is 0 Å². The van der Waals surface area contributed by atoms with Gasteiger partial charge in [0, 0.05) is 16.9 Å². The molecule has 1 aliphatic heterocycles. The Morgan fingerprint density at radius 1 is 1.38 bits per heavy atom. The molecule has 0 aromatic carbocycles. The van der Waals surface area contributed by atoms with Crippen LogP contribution in [0.4, 0.5) is 0 Å². The summed E-state index contributed by atoms with van der Waals surface area (Å²) in [5.41, 5.74) is 1.52. The van der Waals surface area contributed by atoms with Crippen LogP contribution in [0.3, 0.4) is 0 Å². The maximum Gasteiger partial charge on any atom is 0.155 e. The summed E-state index contributed by atoms with van der Waals surface area (Å²) in [5.74, 6) is 1.88. The summed E-state index contributed by atoms with van der Waals surface area (Å²) in [6, 6.07) is 0. The minimum atomic E-state index is -0.291. The zero-order chi connectivity index (χ0) is 11.5. The van der Waals surface area contributed by atoms with Crippen LogP contribution in [0.5, 0.6) is 0 Å². The van der Waals surface area contributed by atoms with Crippen molar-refractivity contribution >= 4 is 15.8 Å². The maximum absolute atomic E-state index is 11.7. The van der Waals surface area contributed by atoms with Crippen molar-refractivity contribution in [3.05, 3.63) is 11.6 Å². The van der Waals surface area contributed by atoms with Gasteiger partial charge in [0.05, 0.1) is 0 Å². The Kier molecular flexibility index (Phi) is 2.30. The fraction of sp³-hybridized carbons (Fsp3) is 0.786. The molecule has 0 bridgehead atoms. The SMILES string of the molecule is CCC[C@H]1CC(=O)C=C2C[C@@H]3[C@H]([C@@H]21)S3(C)C. The van der Waals surface area contributed by atoms with Crippen LogP contribution < -0.4 is 0 Å². The smallest absolute Gasteiger partial charge is 0.155 e. The number of rotatable bonds is 2. The summed E-state index contributed by atoms with van der Waals surface area (Å²) in [6.07, 6.45) is 11.6. The summed E-state index contributed by atoms with van der Waals surface area (Å²) in [6.45, 7) is 2.25. The molecule has 3 rings (SSSR count). The first-order valence-corrected chi connectivity index (χ1v) is 9.07. The van der Waals surface area contributed by atoms with Crippen molar-refractivity contribution < 1.29 is 4.79 Å². The zero-order valence-corrected chi connectivity index (χ0v) is 11.3. The van der Waals surface area contributed by atoms with E-state index in [4.69, 9.17) is 0 Å². The van der Waals surface area contributed by atoms with Gasteiger partial charge in [0.25, 0.3) is 0 Å². The van der Waals surface area contributed by atoms with Gasteiger partial charge in [-0.15, -0.1) is 0 Å². The molecule has 0 aromatic heterocycles. The molecule has 2 aliphatic carbocycles. The number of ketones is 1. The first-order valence-electron chi connectivity index (χ1n) is 6.50. The first-order chi connectivity index (χ1) is 7.55. The molecule has 1 saturated heterocycles. The van der Waals surface area contributed by atoms with Gasteiger partial charge in [0.1, 0.15) is 0 Å². The van der Waals surface area contributed by atoms with Crippen LogP contribution >= 0.6 is 10.0 Å². The van der Waals surface area contributed by atoms with Gasteiger partial charge in [0.2, 0.25) is 0 Å². The number of hydrogen-bond acceptors (Lipinski definition) is 1. The van der Waals surface area contributed by atoms with Gasteiger partial charge in [-0.1, -0.05) is 18.9 Å². The molecule has 90 valence electrons. The third-order valence-electron chi connectivity index (χ3n) is 4.97. The monoisotopic (exact) mass is 238 g/mol. The van der Waals surface area contributed by atoms with Gasteiger partial charge in [-0.05, 0) is 43.3 Å². The third kappa shape index (κ3) is 1.35. The zero-order valence-electron chi connectivity index (χ0n) is 10.5. The van der Waals surface area contributed by atoms with E-state index < -0.39 is 0 Å².